The van der Waals surface area contributed by atoms with E-state index >= 15 is 0 Å². The van der Waals surface area contributed by atoms with E-state index in [9.17, 15) is 0 Å². The Kier molecular flexibility index (Phi) is 1.71. The molecule has 4 rings (SSSR count). The maximum absolute atomic E-state index is 2.37. The minimum Gasteiger partial charge on any atom is -0.0840 e. The molecule has 3 atom stereocenters. The Morgan fingerprint density at radius 2 is 1.94 bits per heavy atom. The van der Waals surface area contributed by atoms with Crippen molar-refractivity contribution in [3.8, 4) is 0 Å². The van der Waals surface area contributed by atoms with Crippen LogP contribution in [0.2, 0.25) is 0 Å². The molecule has 0 N–H and O–H groups in total. The predicted molar refractivity (Wildman–Crippen MR) is 66.9 cm³/mol. The second-order valence-corrected chi connectivity index (χ2v) is 5.37. The van der Waals surface area contributed by atoms with Gasteiger partial charge >= 0.3 is 0 Å². The fourth-order valence-electron chi connectivity index (χ4n) is 3.92. The Labute approximate surface area is 96.7 Å². The van der Waals surface area contributed by atoms with Crippen LogP contribution >= 0.6 is 0 Å². The van der Waals surface area contributed by atoms with E-state index in [0.29, 0.717) is 5.92 Å². The average molecular weight is 208 g/mol. The lowest BCUT2D eigenvalue weighted by molar-refractivity contribution is 0.258. The van der Waals surface area contributed by atoms with Gasteiger partial charge < -0.3 is 0 Å². The zero-order valence-electron chi connectivity index (χ0n) is 9.39. The van der Waals surface area contributed by atoms with Crippen molar-refractivity contribution in [2.45, 2.75) is 19.3 Å². The van der Waals surface area contributed by atoms with Gasteiger partial charge in [0.05, 0.1) is 0 Å². The first-order valence-corrected chi connectivity index (χ1v) is 6.39. The molecule has 0 aliphatic heterocycles. The van der Waals surface area contributed by atoms with Gasteiger partial charge in [-0.2, -0.15) is 0 Å². The molecular weight excluding hydrogens is 192 g/mol. The summed E-state index contributed by atoms with van der Waals surface area (Å²) >= 11 is 0. The Morgan fingerprint density at radius 1 is 1.00 bits per heavy atom. The summed E-state index contributed by atoms with van der Waals surface area (Å²) in [6.07, 6.45) is 20.3. The quantitative estimate of drug-likeness (QED) is 0.565. The normalized spacial score (nSPS) is 38.5. The third-order valence-electron chi connectivity index (χ3n) is 4.63. The summed E-state index contributed by atoms with van der Waals surface area (Å²) in [5, 5.41) is 0. The van der Waals surface area contributed by atoms with Crippen LogP contribution in [0.4, 0.5) is 0 Å². The highest BCUT2D eigenvalue weighted by molar-refractivity contribution is 5.50. The van der Waals surface area contributed by atoms with Crippen LogP contribution in [0.1, 0.15) is 19.3 Å². The molecule has 4 aliphatic rings. The van der Waals surface area contributed by atoms with Crippen molar-refractivity contribution >= 4 is 0 Å². The second-order valence-electron chi connectivity index (χ2n) is 5.37. The molecule has 16 heavy (non-hydrogen) atoms. The van der Waals surface area contributed by atoms with Gasteiger partial charge in [-0.3, -0.25) is 0 Å². The van der Waals surface area contributed by atoms with E-state index < -0.39 is 0 Å². The maximum atomic E-state index is 2.37. The molecule has 4 aliphatic carbocycles. The number of allylic oxidation sites excluding steroid dienone is 10. The first-order chi connectivity index (χ1) is 7.93. The topological polar surface area (TPSA) is 0 Å². The number of hydrogen-bond donors (Lipinski definition) is 0. The van der Waals surface area contributed by atoms with Gasteiger partial charge in [0, 0.05) is 5.92 Å². The third kappa shape index (κ3) is 1.05. The average Bonchev–Trinajstić information content (AvgIpc) is 2.36. The minimum atomic E-state index is 0.716. The molecule has 0 saturated heterocycles. The van der Waals surface area contributed by atoms with Crippen molar-refractivity contribution in [3.05, 3.63) is 59.3 Å². The molecule has 0 heteroatoms. The molecule has 0 heterocycles. The Morgan fingerprint density at radius 3 is 2.94 bits per heavy atom. The van der Waals surface area contributed by atoms with E-state index in [2.05, 4.69) is 42.5 Å². The van der Waals surface area contributed by atoms with E-state index in [1.54, 1.807) is 16.7 Å². The molecule has 0 bridgehead atoms. The zero-order chi connectivity index (χ0) is 10.5. The summed E-state index contributed by atoms with van der Waals surface area (Å²) < 4.78 is 0. The lowest BCUT2D eigenvalue weighted by atomic mass is 9.59. The SMILES string of the molecule is C1=CC2=CC=C3C=CCC4CCC(=C1)C2C34. The van der Waals surface area contributed by atoms with Crippen molar-refractivity contribution in [1.29, 1.82) is 0 Å². The number of hydrogen-bond acceptors (Lipinski definition) is 0. The fraction of sp³-hybridized carbons (Fsp3) is 0.375. The molecule has 1 fully saturated rings. The third-order valence-corrected chi connectivity index (χ3v) is 4.63. The molecule has 1 saturated carbocycles. The molecule has 3 unspecified atom stereocenters. The van der Waals surface area contributed by atoms with Crippen LogP contribution in [0.5, 0.6) is 0 Å². The lowest BCUT2D eigenvalue weighted by Crippen LogP contribution is -2.35. The molecule has 0 radical (unpaired) electrons. The van der Waals surface area contributed by atoms with Crippen LogP contribution in [0.3, 0.4) is 0 Å². The molecule has 0 nitrogen and oxygen atoms in total. The van der Waals surface area contributed by atoms with Crippen molar-refractivity contribution in [2.75, 3.05) is 0 Å². The molecule has 80 valence electrons. The highest BCUT2D eigenvalue weighted by Crippen LogP contribution is 2.52. The molecule has 0 aromatic carbocycles. The van der Waals surface area contributed by atoms with E-state index in [4.69, 9.17) is 0 Å². The van der Waals surface area contributed by atoms with Gasteiger partial charge in [0.2, 0.25) is 0 Å². The summed E-state index contributed by atoms with van der Waals surface area (Å²) in [5.41, 5.74) is 4.80. The standard InChI is InChI=1S/C16H16/c1-3-11-7-9-13-5-2-6-14-10-8-12(4-1)15(11)16(13)14/h1-5,7,9,14-16H,6,8,10H2. The van der Waals surface area contributed by atoms with Gasteiger partial charge in [-0.15, -0.1) is 0 Å². The summed E-state index contributed by atoms with van der Waals surface area (Å²) in [5.74, 6) is 2.40. The highest BCUT2D eigenvalue weighted by Gasteiger charge is 2.41. The summed E-state index contributed by atoms with van der Waals surface area (Å²) in [6, 6.07) is 0. The monoisotopic (exact) mass is 208 g/mol. The maximum Gasteiger partial charge on any atom is 0.0123 e. The summed E-state index contributed by atoms with van der Waals surface area (Å²) in [6.45, 7) is 0. The molecule has 0 spiro atoms. The van der Waals surface area contributed by atoms with Gasteiger partial charge in [-0.1, -0.05) is 48.1 Å². The summed E-state index contributed by atoms with van der Waals surface area (Å²) in [7, 11) is 0. The first kappa shape index (κ1) is 8.81. The van der Waals surface area contributed by atoms with Gasteiger partial charge in [0.25, 0.3) is 0 Å². The van der Waals surface area contributed by atoms with Gasteiger partial charge in [-0.05, 0) is 42.2 Å². The summed E-state index contributed by atoms with van der Waals surface area (Å²) in [4.78, 5) is 0. The van der Waals surface area contributed by atoms with Gasteiger partial charge in [0.1, 0.15) is 0 Å². The van der Waals surface area contributed by atoms with Crippen LogP contribution < -0.4 is 0 Å². The van der Waals surface area contributed by atoms with Crippen LogP contribution in [0.15, 0.2) is 59.3 Å². The van der Waals surface area contributed by atoms with E-state index in [1.165, 1.54) is 19.3 Å². The van der Waals surface area contributed by atoms with E-state index in [0.717, 1.165) is 11.8 Å². The predicted octanol–water partition coefficient (Wildman–Crippen LogP) is 3.95. The molecular formula is C16H16. The van der Waals surface area contributed by atoms with E-state index in [-0.39, 0.29) is 0 Å². The second kappa shape index (κ2) is 3.10. The smallest absolute Gasteiger partial charge is 0.0123 e. The molecule has 0 amide bonds. The largest absolute Gasteiger partial charge is 0.0840 e. The van der Waals surface area contributed by atoms with Gasteiger partial charge in [-0.25, -0.2) is 0 Å². The van der Waals surface area contributed by atoms with Gasteiger partial charge in [0.15, 0.2) is 0 Å². The lowest BCUT2D eigenvalue weighted by Gasteiger charge is -2.45. The highest BCUT2D eigenvalue weighted by atomic mass is 14.4. The van der Waals surface area contributed by atoms with E-state index in [1.807, 2.05) is 0 Å². The molecule has 0 aromatic rings. The van der Waals surface area contributed by atoms with Crippen LogP contribution in [-0.2, 0) is 0 Å². The first-order valence-electron chi connectivity index (χ1n) is 6.39. The Balaban J connectivity index is 1.91. The number of rotatable bonds is 0. The van der Waals surface area contributed by atoms with Crippen molar-refractivity contribution in [3.63, 3.8) is 0 Å². The van der Waals surface area contributed by atoms with Crippen LogP contribution in [0, 0.1) is 17.8 Å². The van der Waals surface area contributed by atoms with Crippen LogP contribution in [-0.4, -0.2) is 0 Å². The Hall–Kier alpha value is -1.30. The molecule has 0 aromatic heterocycles. The minimum absolute atomic E-state index is 0.716. The Bertz CT molecular complexity index is 482. The fourth-order valence-corrected chi connectivity index (χ4v) is 3.92. The van der Waals surface area contributed by atoms with Crippen molar-refractivity contribution in [1.82, 2.24) is 0 Å². The van der Waals surface area contributed by atoms with Crippen molar-refractivity contribution in [2.24, 2.45) is 17.8 Å². The van der Waals surface area contributed by atoms with Crippen LogP contribution in [0.25, 0.3) is 0 Å². The van der Waals surface area contributed by atoms with Crippen molar-refractivity contribution < 1.29 is 0 Å². The zero-order valence-corrected chi connectivity index (χ0v) is 9.39.